The molecule has 33 heavy (non-hydrogen) atoms. The number of amides is 1. The summed E-state index contributed by atoms with van der Waals surface area (Å²) in [5, 5.41) is 8.72. The van der Waals surface area contributed by atoms with E-state index in [0.717, 1.165) is 27.9 Å². The summed E-state index contributed by atoms with van der Waals surface area (Å²) < 4.78 is 1.95. The van der Waals surface area contributed by atoms with Gasteiger partial charge < -0.3 is 5.32 Å². The molecule has 0 aliphatic carbocycles. The number of carbonyl (C=O) groups excluding carboxylic acids is 1. The Morgan fingerprint density at radius 3 is 2.30 bits per heavy atom. The maximum Gasteiger partial charge on any atom is 0.220 e. The van der Waals surface area contributed by atoms with Gasteiger partial charge in [-0.1, -0.05) is 54.6 Å². The molecule has 2 aromatic carbocycles. The second-order valence-corrected chi connectivity index (χ2v) is 9.00. The Hall–Kier alpha value is -3.47. The van der Waals surface area contributed by atoms with Crippen molar-refractivity contribution < 1.29 is 4.79 Å². The zero-order valence-corrected chi connectivity index (χ0v) is 20.1. The van der Waals surface area contributed by atoms with E-state index in [1.807, 2.05) is 42.9 Å². The van der Waals surface area contributed by atoms with E-state index in [-0.39, 0.29) is 18.0 Å². The molecule has 1 amide bonds. The molecule has 4 aromatic rings. The Morgan fingerprint density at radius 1 is 0.970 bits per heavy atom. The molecule has 0 radical (unpaired) electrons. The lowest BCUT2D eigenvalue weighted by molar-refractivity contribution is -0.121. The van der Waals surface area contributed by atoms with Gasteiger partial charge in [-0.25, -0.2) is 9.67 Å². The fraction of sp³-hybridized carbons (Fsp3) is 0.321. The molecule has 170 valence electrons. The van der Waals surface area contributed by atoms with Gasteiger partial charge in [0.25, 0.3) is 0 Å². The van der Waals surface area contributed by atoms with Crippen LogP contribution in [-0.2, 0) is 11.2 Å². The summed E-state index contributed by atoms with van der Waals surface area (Å²) >= 11 is 0. The summed E-state index contributed by atoms with van der Waals surface area (Å²) in [5.74, 6) is 0.0476. The number of fused-ring (bicyclic) bond motifs is 1. The van der Waals surface area contributed by atoms with Crippen LogP contribution in [0.5, 0.6) is 0 Å². The lowest BCUT2D eigenvalue weighted by atomic mass is 9.99. The number of nitrogens with one attached hydrogen (secondary N) is 1. The summed E-state index contributed by atoms with van der Waals surface area (Å²) in [5.41, 5.74) is 7.66. The third-order valence-electron chi connectivity index (χ3n) is 6.32. The molecule has 1 N–H and O–H groups in total. The predicted molar refractivity (Wildman–Crippen MR) is 134 cm³/mol. The average Bonchev–Trinajstić information content (AvgIpc) is 3.24. The number of aromatic nitrogens is 3. The van der Waals surface area contributed by atoms with E-state index in [1.54, 1.807) is 0 Å². The van der Waals surface area contributed by atoms with Crippen LogP contribution < -0.4 is 5.32 Å². The fourth-order valence-corrected chi connectivity index (χ4v) is 4.37. The van der Waals surface area contributed by atoms with Crippen molar-refractivity contribution in [2.24, 2.45) is 0 Å². The number of carbonyl (C=O) groups is 1. The Balaban J connectivity index is 1.40. The van der Waals surface area contributed by atoms with Crippen LogP contribution in [0.3, 0.4) is 0 Å². The maximum absolute atomic E-state index is 12.7. The molecule has 0 aliphatic heterocycles. The first-order valence-corrected chi connectivity index (χ1v) is 11.6. The highest BCUT2D eigenvalue weighted by molar-refractivity contribution is 5.81. The van der Waals surface area contributed by atoms with E-state index in [4.69, 9.17) is 4.98 Å². The standard InChI is InChI=1S/C28H32N4O/c1-18(2)32-28-26(17-29-32)19(3)25(21(5)31-28)15-16-27(33)30-20(4)22-11-13-24(14-12-22)23-9-7-6-8-10-23/h6-14,17-18,20H,15-16H2,1-5H3,(H,30,33)/t20-/m1/s1. The smallest absolute Gasteiger partial charge is 0.220 e. The number of pyridine rings is 1. The van der Waals surface area contributed by atoms with Crippen molar-refractivity contribution in [2.45, 2.75) is 59.5 Å². The van der Waals surface area contributed by atoms with Gasteiger partial charge in [0.05, 0.1) is 12.2 Å². The molecule has 0 fully saturated rings. The summed E-state index contributed by atoms with van der Waals surface area (Å²) in [7, 11) is 0. The van der Waals surface area contributed by atoms with E-state index in [2.05, 4.69) is 67.6 Å². The van der Waals surface area contributed by atoms with Crippen molar-refractivity contribution in [3.05, 3.63) is 83.2 Å². The Morgan fingerprint density at radius 2 is 1.64 bits per heavy atom. The third-order valence-corrected chi connectivity index (χ3v) is 6.32. The lowest BCUT2D eigenvalue weighted by Crippen LogP contribution is -2.27. The first-order valence-electron chi connectivity index (χ1n) is 11.6. The number of hydrogen-bond donors (Lipinski definition) is 1. The minimum absolute atomic E-state index is 0.0469. The van der Waals surface area contributed by atoms with E-state index < -0.39 is 0 Å². The normalized spacial score (nSPS) is 12.3. The maximum atomic E-state index is 12.7. The number of rotatable bonds is 7. The van der Waals surface area contributed by atoms with Gasteiger partial charge in [0, 0.05) is 23.5 Å². The molecule has 4 rings (SSSR count). The van der Waals surface area contributed by atoms with Gasteiger partial charge >= 0.3 is 0 Å². The summed E-state index contributed by atoms with van der Waals surface area (Å²) in [6, 6.07) is 18.9. The summed E-state index contributed by atoms with van der Waals surface area (Å²) in [6.45, 7) is 10.4. The number of nitrogens with zero attached hydrogens (tertiary/aromatic N) is 3. The van der Waals surface area contributed by atoms with E-state index in [9.17, 15) is 4.79 Å². The van der Waals surface area contributed by atoms with E-state index in [0.29, 0.717) is 12.8 Å². The molecule has 5 heteroatoms. The quantitative estimate of drug-likeness (QED) is 0.377. The molecule has 5 nitrogen and oxygen atoms in total. The number of hydrogen-bond acceptors (Lipinski definition) is 3. The minimum Gasteiger partial charge on any atom is -0.350 e. The Kier molecular flexibility index (Phi) is 6.59. The molecular weight excluding hydrogens is 408 g/mol. The van der Waals surface area contributed by atoms with Crippen LogP contribution in [0.2, 0.25) is 0 Å². The molecule has 2 aromatic heterocycles. The summed E-state index contributed by atoms with van der Waals surface area (Å²) in [6.07, 6.45) is 2.99. The lowest BCUT2D eigenvalue weighted by Gasteiger charge is -2.16. The minimum atomic E-state index is -0.0469. The average molecular weight is 441 g/mol. The monoisotopic (exact) mass is 440 g/mol. The Bertz CT molecular complexity index is 1260. The van der Waals surface area contributed by atoms with Crippen LogP contribution in [0.15, 0.2) is 60.8 Å². The number of benzene rings is 2. The van der Waals surface area contributed by atoms with Gasteiger partial charge in [0.2, 0.25) is 5.91 Å². The van der Waals surface area contributed by atoms with Crippen LogP contribution in [0.1, 0.15) is 61.7 Å². The molecule has 1 atom stereocenters. The molecule has 0 unspecified atom stereocenters. The van der Waals surface area contributed by atoms with Gasteiger partial charge in [0.1, 0.15) is 0 Å². The summed E-state index contributed by atoms with van der Waals surface area (Å²) in [4.78, 5) is 17.5. The van der Waals surface area contributed by atoms with Crippen LogP contribution in [0, 0.1) is 13.8 Å². The number of aryl methyl sites for hydroxylation is 2. The van der Waals surface area contributed by atoms with Gasteiger partial charge in [-0.3, -0.25) is 4.79 Å². The second-order valence-electron chi connectivity index (χ2n) is 9.00. The molecule has 0 saturated carbocycles. The van der Waals surface area contributed by atoms with Crippen molar-refractivity contribution in [1.82, 2.24) is 20.1 Å². The highest BCUT2D eigenvalue weighted by Gasteiger charge is 2.16. The first-order chi connectivity index (χ1) is 15.8. The van der Waals surface area contributed by atoms with E-state index in [1.165, 1.54) is 16.7 Å². The highest BCUT2D eigenvalue weighted by Crippen LogP contribution is 2.26. The molecular formula is C28H32N4O. The van der Waals surface area contributed by atoms with Gasteiger partial charge in [-0.05, 0) is 68.9 Å². The van der Waals surface area contributed by atoms with Gasteiger partial charge in [0.15, 0.2) is 5.65 Å². The third kappa shape index (κ3) is 4.82. The van der Waals surface area contributed by atoms with Gasteiger partial charge in [-0.2, -0.15) is 5.10 Å². The van der Waals surface area contributed by atoms with Crippen molar-refractivity contribution >= 4 is 16.9 Å². The molecule has 0 spiro atoms. The molecule has 2 heterocycles. The van der Waals surface area contributed by atoms with Crippen LogP contribution in [-0.4, -0.2) is 20.7 Å². The van der Waals surface area contributed by atoms with Gasteiger partial charge in [-0.15, -0.1) is 0 Å². The predicted octanol–water partition coefficient (Wildman–Crippen LogP) is 6.11. The zero-order chi connectivity index (χ0) is 23.5. The largest absolute Gasteiger partial charge is 0.350 e. The fourth-order valence-electron chi connectivity index (χ4n) is 4.37. The first kappa shape index (κ1) is 22.7. The van der Waals surface area contributed by atoms with Crippen LogP contribution in [0.25, 0.3) is 22.2 Å². The molecule has 0 bridgehead atoms. The molecule has 0 aliphatic rings. The van der Waals surface area contributed by atoms with Crippen LogP contribution in [0.4, 0.5) is 0 Å². The Labute approximate surface area is 195 Å². The van der Waals surface area contributed by atoms with Crippen molar-refractivity contribution in [3.8, 4) is 11.1 Å². The second kappa shape index (κ2) is 9.57. The van der Waals surface area contributed by atoms with Crippen molar-refractivity contribution in [3.63, 3.8) is 0 Å². The zero-order valence-electron chi connectivity index (χ0n) is 20.1. The SMILES string of the molecule is Cc1nc2c(cnn2C(C)C)c(C)c1CCC(=O)N[C@H](C)c1ccc(-c2ccccc2)cc1. The topological polar surface area (TPSA) is 59.8 Å². The van der Waals surface area contributed by atoms with E-state index >= 15 is 0 Å². The van der Waals surface area contributed by atoms with Crippen LogP contribution >= 0.6 is 0 Å². The van der Waals surface area contributed by atoms with Crippen molar-refractivity contribution in [1.29, 1.82) is 0 Å². The van der Waals surface area contributed by atoms with Crippen molar-refractivity contribution in [2.75, 3.05) is 0 Å². The highest BCUT2D eigenvalue weighted by atomic mass is 16.1. The molecule has 0 saturated heterocycles.